The summed E-state index contributed by atoms with van der Waals surface area (Å²) < 4.78 is 10.4. The lowest BCUT2D eigenvalue weighted by Gasteiger charge is -2.08. The van der Waals surface area contributed by atoms with Crippen LogP contribution >= 0.6 is 0 Å². The summed E-state index contributed by atoms with van der Waals surface area (Å²) in [6.45, 7) is 2.31. The van der Waals surface area contributed by atoms with E-state index in [1.165, 1.54) is 0 Å². The second kappa shape index (κ2) is 8.72. The number of carboxylic acid groups (broad SMARTS) is 1. The van der Waals surface area contributed by atoms with E-state index in [-0.39, 0.29) is 18.1 Å². The lowest BCUT2D eigenvalue weighted by Crippen LogP contribution is -2.15. The first-order chi connectivity index (χ1) is 11.6. The highest BCUT2D eigenvalue weighted by Gasteiger charge is 2.06. The molecule has 0 aliphatic heterocycles. The molecule has 0 atom stereocenters. The number of carbonyl (C=O) groups excluding carboxylic acids is 1. The Morgan fingerprint density at radius 2 is 1.79 bits per heavy atom. The molecule has 0 saturated heterocycles. The fourth-order valence-corrected chi connectivity index (χ4v) is 2.09. The zero-order valence-electron chi connectivity index (χ0n) is 13.5. The minimum Gasteiger partial charge on any atom is -0.482 e. The first-order valence-electron chi connectivity index (χ1n) is 7.82. The molecule has 0 saturated carbocycles. The van der Waals surface area contributed by atoms with Crippen molar-refractivity contribution in [1.82, 2.24) is 0 Å². The van der Waals surface area contributed by atoms with Gasteiger partial charge in [0.15, 0.2) is 6.61 Å². The number of unbranched alkanes of at least 4 members (excludes halogenated alkanes) is 1. The molecule has 126 valence electrons. The molecule has 0 heterocycles. The number of ether oxygens (including phenoxy) is 2. The normalized spacial score (nSPS) is 10.2. The number of aromatic carboxylic acids is 1. The zero-order chi connectivity index (χ0) is 17.4. The van der Waals surface area contributed by atoms with Gasteiger partial charge < -0.3 is 14.6 Å². The Morgan fingerprint density at radius 1 is 1.04 bits per heavy atom. The molecule has 0 aliphatic rings. The van der Waals surface area contributed by atoms with Crippen LogP contribution in [0.2, 0.25) is 0 Å². The third kappa shape index (κ3) is 5.12. The van der Waals surface area contributed by atoms with Gasteiger partial charge in [0.05, 0.1) is 12.2 Å². The number of carboxylic acids is 1. The van der Waals surface area contributed by atoms with Crippen LogP contribution in [0.25, 0.3) is 11.1 Å². The van der Waals surface area contributed by atoms with Crippen LogP contribution in [0.4, 0.5) is 0 Å². The van der Waals surface area contributed by atoms with Gasteiger partial charge in [0.2, 0.25) is 0 Å². The molecule has 0 unspecified atom stereocenters. The number of carbonyl (C=O) groups is 2. The first-order valence-corrected chi connectivity index (χ1v) is 7.82. The van der Waals surface area contributed by atoms with Gasteiger partial charge in [-0.3, -0.25) is 0 Å². The average molecular weight is 328 g/mol. The fourth-order valence-electron chi connectivity index (χ4n) is 2.09. The Labute approximate surface area is 140 Å². The second-order valence-electron chi connectivity index (χ2n) is 5.27. The predicted molar refractivity (Wildman–Crippen MR) is 90.2 cm³/mol. The maximum absolute atomic E-state index is 11.5. The zero-order valence-corrected chi connectivity index (χ0v) is 13.5. The molecule has 2 aromatic rings. The van der Waals surface area contributed by atoms with Crippen molar-refractivity contribution in [3.05, 3.63) is 54.1 Å². The summed E-state index contributed by atoms with van der Waals surface area (Å²) >= 11 is 0. The van der Waals surface area contributed by atoms with E-state index in [9.17, 15) is 9.59 Å². The Kier molecular flexibility index (Phi) is 6.37. The average Bonchev–Trinajstić information content (AvgIpc) is 2.61. The molecular weight excluding hydrogens is 308 g/mol. The van der Waals surface area contributed by atoms with Gasteiger partial charge in [-0.15, -0.1) is 0 Å². The third-order valence-electron chi connectivity index (χ3n) is 3.41. The molecule has 0 aromatic heterocycles. The van der Waals surface area contributed by atoms with Crippen LogP contribution in [-0.4, -0.2) is 30.3 Å². The van der Waals surface area contributed by atoms with Crippen molar-refractivity contribution >= 4 is 11.9 Å². The van der Waals surface area contributed by atoms with Crippen LogP contribution in [0.15, 0.2) is 48.5 Å². The lowest BCUT2D eigenvalue weighted by atomic mass is 10.0. The van der Waals surface area contributed by atoms with Gasteiger partial charge in [0.1, 0.15) is 5.75 Å². The number of hydrogen-bond acceptors (Lipinski definition) is 4. The quantitative estimate of drug-likeness (QED) is 0.590. The van der Waals surface area contributed by atoms with Crippen molar-refractivity contribution in [3.63, 3.8) is 0 Å². The SMILES string of the molecule is CCCCOC(=O)COc1ccc(-c2cccc(C(=O)O)c2)cc1. The van der Waals surface area contributed by atoms with Gasteiger partial charge in [-0.1, -0.05) is 37.6 Å². The van der Waals surface area contributed by atoms with Gasteiger partial charge in [0.25, 0.3) is 0 Å². The van der Waals surface area contributed by atoms with Crippen molar-refractivity contribution in [2.45, 2.75) is 19.8 Å². The summed E-state index contributed by atoms with van der Waals surface area (Å²) in [6, 6.07) is 13.8. The monoisotopic (exact) mass is 328 g/mol. The van der Waals surface area contributed by atoms with E-state index >= 15 is 0 Å². The van der Waals surface area contributed by atoms with Crippen LogP contribution in [-0.2, 0) is 9.53 Å². The Balaban J connectivity index is 1.94. The molecule has 0 aliphatic carbocycles. The number of rotatable bonds is 8. The molecule has 0 fully saturated rings. The van der Waals surface area contributed by atoms with E-state index in [0.717, 1.165) is 24.0 Å². The maximum Gasteiger partial charge on any atom is 0.344 e. The van der Waals surface area contributed by atoms with Crippen molar-refractivity contribution < 1.29 is 24.2 Å². The Bertz CT molecular complexity index is 691. The standard InChI is InChI=1S/C19H20O5/c1-2-3-11-23-18(20)13-24-17-9-7-14(8-10-17)15-5-4-6-16(12-15)19(21)22/h4-10,12H,2-3,11,13H2,1H3,(H,21,22). The fraction of sp³-hybridized carbons (Fsp3) is 0.263. The molecule has 5 nitrogen and oxygen atoms in total. The number of hydrogen-bond donors (Lipinski definition) is 1. The first kappa shape index (κ1) is 17.5. The van der Waals surface area contributed by atoms with Crippen molar-refractivity contribution in [1.29, 1.82) is 0 Å². The molecule has 2 aromatic carbocycles. The molecular formula is C19H20O5. The highest BCUT2D eigenvalue weighted by molar-refractivity contribution is 5.89. The summed E-state index contributed by atoms with van der Waals surface area (Å²) in [7, 11) is 0. The van der Waals surface area contributed by atoms with E-state index in [1.807, 2.05) is 25.1 Å². The van der Waals surface area contributed by atoms with Crippen LogP contribution in [0.5, 0.6) is 5.75 Å². The molecule has 2 rings (SSSR count). The lowest BCUT2D eigenvalue weighted by molar-refractivity contribution is -0.146. The van der Waals surface area contributed by atoms with Crippen LogP contribution in [0.3, 0.4) is 0 Å². The Morgan fingerprint density at radius 3 is 2.46 bits per heavy atom. The second-order valence-corrected chi connectivity index (χ2v) is 5.27. The van der Waals surface area contributed by atoms with Crippen LogP contribution in [0, 0.1) is 0 Å². The summed E-state index contributed by atoms with van der Waals surface area (Å²) in [4.78, 5) is 22.5. The summed E-state index contributed by atoms with van der Waals surface area (Å²) in [5, 5.41) is 9.04. The van der Waals surface area contributed by atoms with Gasteiger partial charge >= 0.3 is 11.9 Å². The van der Waals surface area contributed by atoms with E-state index in [4.69, 9.17) is 14.6 Å². The summed E-state index contributed by atoms with van der Waals surface area (Å²) in [5.74, 6) is -0.791. The Hall–Kier alpha value is -2.82. The smallest absolute Gasteiger partial charge is 0.344 e. The minimum atomic E-state index is -0.960. The molecule has 0 amide bonds. The van der Waals surface area contributed by atoms with Gasteiger partial charge in [-0.05, 0) is 41.8 Å². The summed E-state index contributed by atoms with van der Waals surface area (Å²) in [5.41, 5.74) is 1.92. The number of benzene rings is 2. The minimum absolute atomic E-state index is 0.127. The van der Waals surface area contributed by atoms with Gasteiger partial charge in [-0.25, -0.2) is 9.59 Å². The van der Waals surface area contributed by atoms with E-state index in [2.05, 4.69) is 0 Å². The van der Waals surface area contributed by atoms with Crippen molar-refractivity contribution in [3.8, 4) is 16.9 Å². The highest BCUT2D eigenvalue weighted by Crippen LogP contribution is 2.23. The van der Waals surface area contributed by atoms with Crippen LogP contribution in [0.1, 0.15) is 30.1 Å². The van der Waals surface area contributed by atoms with E-state index < -0.39 is 5.97 Å². The summed E-state index contributed by atoms with van der Waals surface area (Å²) in [6.07, 6.45) is 1.81. The maximum atomic E-state index is 11.5. The highest BCUT2D eigenvalue weighted by atomic mass is 16.6. The molecule has 0 spiro atoms. The molecule has 1 N–H and O–H groups in total. The van der Waals surface area contributed by atoms with Gasteiger partial charge in [0, 0.05) is 0 Å². The third-order valence-corrected chi connectivity index (χ3v) is 3.41. The van der Waals surface area contributed by atoms with Crippen molar-refractivity contribution in [2.75, 3.05) is 13.2 Å². The van der Waals surface area contributed by atoms with Crippen LogP contribution < -0.4 is 4.74 Å². The number of esters is 1. The molecule has 5 heteroatoms. The van der Waals surface area contributed by atoms with E-state index in [0.29, 0.717) is 12.4 Å². The van der Waals surface area contributed by atoms with Crippen molar-refractivity contribution in [2.24, 2.45) is 0 Å². The topological polar surface area (TPSA) is 72.8 Å². The molecule has 0 radical (unpaired) electrons. The molecule has 0 bridgehead atoms. The van der Waals surface area contributed by atoms with E-state index in [1.54, 1.807) is 30.3 Å². The van der Waals surface area contributed by atoms with Gasteiger partial charge in [-0.2, -0.15) is 0 Å². The molecule has 24 heavy (non-hydrogen) atoms. The largest absolute Gasteiger partial charge is 0.482 e. The predicted octanol–water partition coefficient (Wildman–Crippen LogP) is 3.77.